The summed E-state index contributed by atoms with van der Waals surface area (Å²) in [6.07, 6.45) is 3.93. The Morgan fingerprint density at radius 3 is 2.53 bits per heavy atom. The summed E-state index contributed by atoms with van der Waals surface area (Å²) in [7, 11) is 1.97. The highest BCUT2D eigenvalue weighted by Gasteiger charge is 2.21. The van der Waals surface area contributed by atoms with Crippen LogP contribution in [0.25, 0.3) is 0 Å². The molecule has 0 fully saturated rings. The van der Waals surface area contributed by atoms with Crippen LogP contribution in [0.5, 0.6) is 0 Å². The van der Waals surface area contributed by atoms with Crippen molar-refractivity contribution in [1.82, 2.24) is 9.78 Å². The average Bonchev–Trinajstić information content (AvgIpc) is 2.65. The van der Waals surface area contributed by atoms with Crippen LogP contribution in [0.4, 0.5) is 0 Å². The molecule has 0 aliphatic heterocycles. The molecule has 0 radical (unpaired) electrons. The Kier molecular flexibility index (Phi) is 7.04. The summed E-state index contributed by atoms with van der Waals surface area (Å²) in [6.45, 7) is 7.00. The summed E-state index contributed by atoms with van der Waals surface area (Å²) in [5.41, 5.74) is 8.57. The first kappa shape index (κ1) is 16.7. The third-order valence-corrected chi connectivity index (χ3v) is 4.28. The van der Waals surface area contributed by atoms with Crippen LogP contribution in [0.3, 0.4) is 0 Å². The number of hydrogen-bond donors (Lipinski definition) is 1. The molecule has 1 heterocycles. The zero-order valence-electron chi connectivity index (χ0n) is 12.4. The number of ether oxygens (including phenoxy) is 1. The summed E-state index contributed by atoms with van der Waals surface area (Å²) in [4.78, 5) is 0. The first-order valence-electron chi connectivity index (χ1n) is 7.12. The standard InChI is InChI=1S/C14H26BrN3O/c1-5-8-13(19-7-3)10(16)9-12-14(15)11(6-2)17-18(12)4/h10,13H,5-9,16H2,1-4H3. The molecule has 0 aliphatic rings. The van der Waals surface area contributed by atoms with Crippen LogP contribution in [0, 0.1) is 0 Å². The van der Waals surface area contributed by atoms with Gasteiger partial charge in [0.25, 0.3) is 0 Å². The van der Waals surface area contributed by atoms with Crippen LogP contribution in [-0.2, 0) is 24.6 Å². The predicted octanol–water partition coefficient (Wildman–Crippen LogP) is 2.82. The van der Waals surface area contributed by atoms with Crippen LogP contribution in [0.15, 0.2) is 4.47 Å². The Morgan fingerprint density at radius 2 is 2.05 bits per heavy atom. The van der Waals surface area contributed by atoms with Crippen LogP contribution in [-0.4, -0.2) is 28.5 Å². The quantitative estimate of drug-likeness (QED) is 0.796. The molecule has 1 aromatic rings. The van der Waals surface area contributed by atoms with E-state index in [9.17, 15) is 0 Å². The molecule has 0 aromatic carbocycles. The van der Waals surface area contributed by atoms with Gasteiger partial charge in [0, 0.05) is 26.1 Å². The second kappa shape index (κ2) is 8.02. The smallest absolute Gasteiger partial charge is 0.0766 e. The van der Waals surface area contributed by atoms with E-state index in [0.29, 0.717) is 6.61 Å². The lowest BCUT2D eigenvalue weighted by Gasteiger charge is -2.23. The summed E-state index contributed by atoms with van der Waals surface area (Å²) in [5, 5.41) is 4.51. The molecule has 0 saturated heterocycles. The lowest BCUT2D eigenvalue weighted by atomic mass is 10.0. The van der Waals surface area contributed by atoms with Crippen molar-refractivity contribution >= 4 is 15.9 Å². The van der Waals surface area contributed by atoms with E-state index >= 15 is 0 Å². The van der Waals surface area contributed by atoms with Crippen molar-refractivity contribution in [3.63, 3.8) is 0 Å². The summed E-state index contributed by atoms with van der Waals surface area (Å²) in [5.74, 6) is 0. The number of halogens is 1. The lowest BCUT2D eigenvalue weighted by Crippen LogP contribution is -2.39. The average molecular weight is 332 g/mol. The SMILES string of the molecule is CCCC(OCC)C(N)Cc1c(Br)c(CC)nn1C. The predicted molar refractivity (Wildman–Crippen MR) is 82.3 cm³/mol. The van der Waals surface area contributed by atoms with Crippen molar-refractivity contribution in [2.45, 2.75) is 58.6 Å². The first-order chi connectivity index (χ1) is 9.04. The van der Waals surface area contributed by atoms with E-state index < -0.39 is 0 Å². The Balaban J connectivity index is 2.79. The van der Waals surface area contributed by atoms with Crippen molar-refractivity contribution in [3.05, 3.63) is 15.9 Å². The van der Waals surface area contributed by atoms with E-state index in [4.69, 9.17) is 10.5 Å². The molecule has 1 aromatic heterocycles. The Hall–Kier alpha value is -0.390. The number of aryl methyl sites for hydroxylation is 2. The van der Waals surface area contributed by atoms with E-state index in [1.807, 2.05) is 18.7 Å². The monoisotopic (exact) mass is 331 g/mol. The summed E-state index contributed by atoms with van der Waals surface area (Å²) in [6, 6.07) is 0.0105. The molecule has 0 spiro atoms. The number of rotatable bonds is 8. The molecule has 0 aliphatic carbocycles. The van der Waals surface area contributed by atoms with Gasteiger partial charge in [-0.05, 0) is 35.7 Å². The fourth-order valence-corrected chi connectivity index (χ4v) is 3.09. The van der Waals surface area contributed by atoms with E-state index in [2.05, 4.69) is 34.9 Å². The van der Waals surface area contributed by atoms with E-state index in [-0.39, 0.29) is 12.1 Å². The van der Waals surface area contributed by atoms with Gasteiger partial charge in [-0.2, -0.15) is 5.10 Å². The van der Waals surface area contributed by atoms with E-state index in [1.165, 1.54) is 0 Å². The topological polar surface area (TPSA) is 53.1 Å². The van der Waals surface area contributed by atoms with Crippen LogP contribution < -0.4 is 5.73 Å². The fourth-order valence-electron chi connectivity index (χ4n) is 2.32. The number of nitrogens with two attached hydrogens (primary N) is 1. The van der Waals surface area contributed by atoms with Gasteiger partial charge in [-0.15, -0.1) is 0 Å². The van der Waals surface area contributed by atoms with Gasteiger partial charge >= 0.3 is 0 Å². The van der Waals surface area contributed by atoms with Crippen molar-refractivity contribution in [2.24, 2.45) is 12.8 Å². The fraction of sp³-hybridized carbons (Fsp3) is 0.786. The highest BCUT2D eigenvalue weighted by molar-refractivity contribution is 9.10. The minimum atomic E-state index is 0.0105. The molecule has 2 unspecified atom stereocenters. The lowest BCUT2D eigenvalue weighted by molar-refractivity contribution is 0.0374. The minimum Gasteiger partial charge on any atom is -0.377 e. The van der Waals surface area contributed by atoms with Crippen molar-refractivity contribution in [2.75, 3.05) is 6.61 Å². The van der Waals surface area contributed by atoms with Crippen molar-refractivity contribution in [3.8, 4) is 0 Å². The molecule has 110 valence electrons. The molecule has 2 N–H and O–H groups in total. The highest BCUT2D eigenvalue weighted by Crippen LogP contribution is 2.23. The molecule has 2 atom stereocenters. The zero-order chi connectivity index (χ0) is 14.4. The van der Waals surface area contributed by atoms with Gasteiger partial charge < -0.3 is 10.5 Å². The largest absolute Gasteiger partial charge is 0.377 e. The maximum absolute atomic E-state index is 6.32. The van der Waals surface area contributed by atoms with Crippen molar-refractivity contribution < 1.29 is 4.74 Å². The molecule has 1 rings (SSSR count). The van der Waals surface area contributed by atoms with Gasteiger partial charge in [0.05, 0.1) is 22.0 Å². The second-order valence-corrected chi connectivity index (χ2v) is 5.63. The van der Waals surface area contributed by atoms with Gasteiger partial charge in [-0.3, -0.25) is 4.68 Å². The van der Waals surface area contributed by atoms with Gasteiger partial charge in [0.2, 0.25) is 0 Å². The molecular weight excluding hydrogens is 306 g/mol. The van der Waals surface area contributed by atoms with Crippen LogP contribution >= 0.6 is 15.9 Å². The molecule has 4 nitrogen and oxygen atoms in total. The Morgan fingerprint density at radius 1 is 1.37 bits per heavy atom. The summed E-state index contributed by atoms with van der Waals surface area (Å²) < 4.78 is 8.78. The molecule has 0 amide bonds. The van der Waals surface area contributed by atoms with Crippen molar-refractivity contribution in [1.29, 1.82) is 0 Å². The summed E-state index contributed by atoms with van der Waals surface area (Å²) >= 11 is 3.64. The van der Waals surface area contributed by atoms with Gasteiger partial charge in [-0.25, -0.2) is 0 Å². The number of hydrogen-bond acceptors (Lipinski definition) is 3. The Labute approximate surface area is 124 Å². The molecule has 0 saturated carbocycles. The first-order valence-corrected chi connectivity index (χ1v) is 7.91. The molecule has 5 heteroatoms. The zero-order valence-corrected chi connectivity index (χ0v) is 14.0. The van der Waals surface area contributed by atoms with Gasteiger partial charge in [0.1, 0.15) is 0 Å². The van der Waals surface area contributed by atoms with Gasteiger partial charge in [0.15, 0.2) is 0 Å². The van der Waals surface area contributed by atoms with Gasteiger partial charge in [-0.1, -0.05) is 20.3 Å². The van der Waals surface area contributed by atoms with E-state index in [1.54, 1.807) is 0 Å². The number of aromatic nitrogens is 2. The Bertz CT molecular complexity index is 386. The van der Waals surface area contributed by atoms with Crippen LogP contribution in [0.2, 0.25) is 0 Å². The normalized spacial score (nSPS) is 14.6. The third-order valence-electron chi connectivity index (χ3n) is 3.36. The van der Waals surface area contributed by atoms with Crippen LogP contribution in [0.1, 0.15) is 45.0 Å². The maximum Gasteiger partial charge on any atom is 0.0766 e. The molecule has 0 bridgehead atoms. The molecule has 19 heavy (non-hydrogen) atoms. The molecular formula is C14H26BrN3O. The third kappa shape index (κ3) is 4.29. The second-order valence-electron chi connectivity index (χ2n) is 4.83. The maximum atomic E-state index is 6.32. The number of nitrogens with zero attached hydrogens (tertiary/aromatic N) is 2. The minimum absolute atomic E-state index is 0.0105. The van der Waals surface area contributed by atoms with E-state index in [0.717, 1.165) is 41.5 Å². The highest BCUT2D eigenvalue weighted by atomic mass is 79.9.